The molecule has 0 fully saturated rings. The second-order valence-corrected chi connectivity index (χ2v) is 5.63. The Morgan fingerprint density at radius 1 is 1.12 bits per heavy atom. The zero-order valence-corrected chi connectivity index (χ0v) is 14.4. The molecule has 0 aliphatic heterocycles. The van der Waals surface area contributed by atoms with E-state index in [4.69, 9.17) is 0 Å². The number of aromatic nitrogens is 2. The number of benzene rings is 1. The Labute approximate surface area is 146 Å². The lowest BCUT2D eigenvalue weighted by atomic mass is 10.1. The van der Waals surface area contributed by atoms with Gasteiger partial charge in [0, 0.05) is 25.3 Å². The minimum Gasteiger partial charge on any atom is -0.359 e. The van der Waals surface area contributed by atoms with Crippen molar-refractivity contribution in [1.82, 2.24) is 15.1 Å². The molecule has 0 bridgehead atoms. The minimum absolute atomic E-state index is 0.0738. The fourth-order valence-corrected chi connectivity index (χ4v) is 2.21. The van der Waals surface area contributed by atoms with Crippen LogP contribution in [-0.2, 0) is 17.8 Å². The van der Waals surface area contributed by atoms with Crippen molar-refractivity contribution in [1.29, 1.82) is 0 Å². The molecule has 1 aromatic heterocycles. The third-order valence-corrected chi connectivity index (χ3v) is 3.68. The highest BCUT2D eigenvalue weighted by molar-refractivity contribution is 6.02. The summed E-state index contributed by atoms with van der Waals surface area (Å²) in [5.74, 6) is -0.459. The molecule has 2 rings (SSSR count). The maximum absolute atomic E-state index is 12.3. The van der Waals surface area contributed by atoms with E-state index in [0.717, 1.165) is 18.4 Å². The Morgan fingerprint density at radius 2 is 1.84 bits per heavy atom. The molecule has 0 aliphatic rings. The van der Waals surface area contributed by atoms with Gasteiger partial charge < -0.3 is 10.6 Å². The van der Waals surface area contributed by atoms with E-state index in [0.29, 0.717) is 12.2 Å². The average molecular weight is 342 g/mol. The highest BCUT2D eigenvalue weighted by atomic mass is 16.2. The summed E-state index contributed by atoms with van der Waals surface area (Å²) in [7, 11) is 1.59. The van der Waals surface area contributed by atoms with E-state index in [1.165, 1.54) is 16.8 Å². The number of likely N-dealkylation sites (N-methyl/N-ethyl adjacent to an activating group) is 1. The lowest BCUT2D eigenvalue weighted by molar-refractivity contribution is -0.119. The molecular formula is C18H22N4O3. The quantitative estimate of drug-likeness (QED) is 0.799. The zero-order valence-electron chi connectivity index (χ0n) is 14.4. The highest BCUT2D eigenvalue weighted by Crippen LogP contribution is 2.11. The van der Waals surface area contributed by atoms with Crippen LogP contribution >= 0.6 is 0 Å². The van der Waals surface area contributed by atoms with E-state index in [1.54, 1.807) is 31.3 Å². The molecule has 0 spiro atoms. The van der Waals surface area contributed by atoms with Crippen LogP contribution in [-0.4, -0.2) is 28.6 Å². The lowest BCUT2D eigenvalue weighted by Crippen LogP contribution is -2.26. The predicted octanol–water partition coefficient (Wildman–Crippen LogP) is 1.58. The van der Waals surface area contributed by atoms with Gasteiger partial charge in [-0.25, -0.2) is 4.68 Å². The SMILES string of the molecule is CCCCn1nc(C(=O)Nc2ccc(CC(=O)NC)cc2)ccc1=O. The van der Waals surface area contributed by atoms with Crippen LogP contribution in [0.1, 0.15) is 35.8 Å². The standard InChI is InChI=1S/C18H22N4O3/c1-3-4-11-22-17(24)10-9-15(21-22)18(25)20-14-7-5-13(6-8-14)12-16(23)19-2/h5-10H,3-4,11-12H2,1-2H3,(H,19,23)(H,20,25). The predicted molar refractivity (Wildman–Crippen MR) is 95.6 cm³/mol. The van der Waals surface area contributed by atoms with Crippen LogP contribution < -0.4 is 16.2 Å². The van der Waals surface area contributed by atoms with Crippen molar-refractivity contribution in [2.75, 3.05) is 12.4 Å². The van der Waals surface area contributed by atoms with Gasteiger partial charge in [0.25, 0.3) is 11.5 Å². The van der Waals surface area contributed by atoms with E-state index in [1.807, 2.05) is 6.92 Å². The number of carbonyl (C=O) groups excluding carboxylic acids is 2. The third-order valence-electron chi connectivity index (χ3n) is 3.68. The van der Waals surface area contributed by atoms with Crippen LogP contribution in [0.25, 0.3) is 0 Å². The van der Waals surface area contributed by atoms with Crippen LogP contribution in [0.3, 0.4) is 0 Å². The number of rotatable bonds is 7. The number of anilines is 1. The monoisotopic (exact) mass is 342 g/mol. The normalized spacial score (nSPS) is 10.3. The second-order valence-electron chi connectivity index (χ2n) is 5.63. The van der Waals surface area contributed by atoms with E-state index < -0.39 is 0 Å². The smallest absolute Gasteiger partial charge is 0.276 e. The fraction of sp³-hybridized carbons (Fsp3) is 0.333. The summed E-state index contributed by atoms with van der Waals surface area (Å²) >= 11 is 0. The fourth-order valence-electron chi connectivity index (χ4n) is 2.21. The van der Waals surface area contributed by atoms with Crippen molar-refractivity contribution in [2.24, 2.45) is 0 Å². The van der Waals surface area contributed by atoms with Crippen molar-refractivity contribution in [3.8, 4) is 0 Å². The van der Waals surface area contributed by atoms with Crippen molar-refractivity contribution in [2.45, 2.75) is 32.7 Å². The zero-order chi connectivity index (χ0) is 18.2. The molecule has 1 aromatic carbocycles. The van der Waals surface area contributed by atoms with Crippen molar-refractivity contribution in [3.05, 3.63) is 58.0 Å². The number of nitrogens with zero attached hydrogens (tertiary/aromatic N) is 2. The topological polar surface area (TPSA) is 93.1 Å². The molecular weight excluding hydrogens is 320 g/mol. The Kier molecular flexibility index (Phi) is 6.45. The van der Waals surface area contributed by atoms with Gasteiger partial charge in [-0.3, -0.25) is 14.4 Å². The maximum atomic E-state index is 12.3. The van der Waals surface area contributed by atoms with Gasteiger partial charge in [0.05, 0.1) is 6.42 Å². The third kappa shape index (κ3) is 5.27. The molecule has 0 saturated carbocycles. The van der Waals surface area contributed by atoms with E-state index in [9.17, 15) is 14.4 Å². The van der Waals surface area contributed by atoms with Crippen LogP contribution in [0, 0.1) is 0 Å². The number of nitrogens with one attached hydrogen (secondary N) is 2. The number of carbonyl (C=O) groups is 2. The van der Waals surface area contributed by atoms with Gasteiger partial charge in [-0.15, -0.1) is 0 Å². The first-order valence-corrected chi connectivity index (χ1v) is 8.22. The van der Waals surface area contributed by atoms with Gasteiger partial charge in [-0.1, -0.05) is 25.5 Å². The molecule has 2 aromatic rings. The molecule has 1 heterocycles. The Balaban J connectivity index is 2.06. The minimum atomic E-state index is -0.385. The number of aryl methyl sites for hydroxylation is 1. The van der Waals surface area contributed by atoms with Crippen molar-refractivity contribution < 1.29 is 9.59 Å². The van der Waals surface area contributed by atoms with Crippen LogP contribution in [0.2, 0.25) is 0 Å². The Bertz CT molecular complexity index is 797. The summed E-state index contributed by atoms with van der Waals surface area (Å²) < 4.78 is 1.31. The van der Waals surface area contributed by atoms with E-state index >= 15 is 0 Å². The van der Waals surface area contributed by atoms with E-state index in [2.05, 4.69) is 15.7 Å². The summed E-state index contributed by atoms with van der Waals surface area (Å²) in [6.45, 7) is 2.51. The number of hydrogen-bond acceptors (Lipinski definition) is 4. The number of unbranched alkanes of at least 4 members (excludes halogenated alkanes) is 1. The first-order valence-electron chi connectivity index (χ1n) is 8.22. The van der Waals surface area contributed by atoms with Crippen LogP contribution in [0.5, 0.6) is 0 Å². The Morgan fingerprint density at radius 3 is 2.48 bits per heavy atom. The Hall–Kier alpha value is -2.96. The molecule has 2 N–H and O–H groups in total. The second kappa shape index (κ2) is 8.77. The van der Waals surface area contributed by atoms with Gasteiger partial charge in [-0.05, 0) is 30.2 Å². The average Bonchev–Trinajstić information content (AvgIpc) is 2.62. The first kappa shape index (κ1) is 18.4. The molecule has 25 heavy (non-hydrogen) atoms. The maximum Gasteiger partial charge on any atom is 0.276 e. The molecule has 0 unspecified atom stereocenters. The molecule has 0 radical (unpaired) electrons. The van der Waals surface area contributed by atoms with Gasteiger partial charge in [0.15, 0.2) is 0 Å². The summed E-state index contributed by atoms with van der Waals surface area (Å²) in [4.78, 5) is 35.4. The molecule has 0 aliphatic carbocycles. The molecule has 7 heteroatoms. The van der Waals surface area contributed by atoms with Crippen LogP contribution in [0.4, 0.5) is 5.69 Å². The van der Waals surface area contributed by atoms with Gasteiger partial charge in [0.1, 0.15) is 5.69 Å². The molecule has 0 atom stereocenters. The van der Waals surface area contributed by atoms with E-state index in [-0.39, 0.29) is 29.5 Å². The van der Waals surface area contributed by atoms with Crippen molar-refractivity contribution in [3.63, 3.8) is 0 Å². The van der Waals surface area contributed by atoms with Gasteiger partial charge in [-0.2, -0.15) is 5.10 Å². The first-order chi connectivity index (χ1) is 12.0. The molecule has 132 valence electrons. The summed E-state index contributed by atoms with van der Waals surface area (Å²) in [5, 5.41) is 9.41. The highest BCUT2D eigenvalue weighted by Gasteiger charge is 2.10. The van der Waals surface area contributed by atoms with Gasteiger partial charge in [0.2, 0.25) is 5.91 Å². The molecule has 0 saturated heterocycles. The lowest BCUT2D eigenvalue weighted by Gasteiger charge is -2.08. The number of hydrogen-bond donors (Lipinski definition) is 2. The van der Waals surface area contributed by atoms with Crippen molar-refractivity contribution >= 4 is 17.5 Å². The van der Waals surface area contributed by atoms with Crippen LogP contribution in [0.15, 0.2) is 41.2 Å². The largest absolute Gasteiger partial charge is 0.359 e. The molecule has 7 nitrogen and oxygen atoms in total. The summed E-state index contributed by atoms with van der Waals surface area (Å²) in [5.41, 5.74) is 1.41. The molecule has 2 amide bonds. The summed E-state index contributed by atoms with van der Waals surface area (Å²) in [6, 6.07) is 9.78. The number of amides is 2. The summed E-state index contributed by atoms with van der Waals surface area (Å²) in [6.07, 6.45) is 2.05. The van der Waals surface area contributed by atoms with Gasteiger partial charge >= 0.3 is 0 Å².